The van der Waals surface area contributed by atoms with E-state index in [1.165, 1.54) is 11.1 Å². The highest BCUT2D eigenvalue weighted by molar-refractivity contribution is 8.13. The van der Waals surface area contributed by atoms with Crippen molar-refractivity contribution in [3.63, 3.8) is 0 Å². The van der Waals surface area contributed by atoms with E-state index in [2.05, 4.69) is 89.7 Å². The summed E-state index contributed by atoms with van der Waals surface area (Å²) in [6, 6.07) is 37.1. The predicted octanol–water partition coefficient (Wildman–Crippen LogP) is 8.35. The molecule has 4 nitrogen and oxygen atoms in total. The zero-order valence-corrected chi connectivity index (χ0v) is 24.1. The number of rotatable bonds is 12. The molecular weight excluding hydrogens is 519 g/mol. The second kappa shape index (κ2) is 15.7. The van der Waals surface area contributed by atoms with Gasteiger partial charge in [0.2, 0.25) is 0 Å². The zero-order chi connectivity index (χ0) is 27.1. The van der Waals surface area contributed by atoms with Crippen molar-refractivity contribution >= 4 is 40.5 Å². The number of hydrogen-bond donors (Lipinski definition) is 2. The Balaban J connectivity index is 1.26. The van der Waals surface area contributed by atoms with Crippen LogP contribution in [-0.4, -0.2) is 30.8 Å². The number of thioether (sulfide) groups is 2. The van der Waals surface area contributed by atoms with Crippen LogP contribution in [0.5, 0.6) is 11.5 Å². The largest absolute Gasteiger partial charge is 0.457 e. The first-order valence-electron chi connectivity index (χ1n) is 13.0. The van der Waals surface area contributed by atoms with Gasteiger partial charge in [-0.1, -0.05) is 84.6 Å². The molecule has 0 heterocycles. The van der Waals surface area contributed by atoms with E-state index in [4.69, 9.17) is 9.73 Å². The molecular formula is C33H35N3OS2. The predicted molar refractivity (Wildman–Crippen MR) is 172 cm³/mol. The summed E-state index contributed by atoms with van der Waals surface area (Å²) in [4.78, 5) is 4.71. The summed E-state index contributed by atoms with van der Waals surface area (Å²) in [5, 5.41) is 9.00. The number of amidine groups is 1. The van der Waals surface area contributed by atoms with Crippen LogP contribution in [0.15, 0.2) is 119 Å². The fourth-order valence-electron chi connectivity index (χ4n) is 3.89. The van der Waals surface area contributed by atoms with Gasteiger partial charge in [0.05, 0.1) is 5.03 Å². The maximum absolute atomic E-state index is 6.07. The third-order valence-electron chi connectivity index (χ3n) is 5.99. The lowest BCUT2D eigenvalue weighted by atomic mass is 10.1. The summed E-state index contributed by atoms with van der Waals surface area (Å²) < 4.78 is 6.07. The van der Waals surface area contributed by atoms with Crippen LogP contribution in [0, 0.1) is 0 Å². The summed E-state index contributed by atoms with van der Waals surface area (Å²) in [6.07, 6.45) is 8.23. The molecule has 0 unspecified atom stereocenters. The van der Waals surface area contributed by atoms with Crippen molar-refractivity contribution in [1.29, 1.82) is 0 Å². The van der Waals surface area contributed by atoms with E-state index in [1.54, 1.807) is 23.5 Å². The molecule has 0 radical (unpaired) electrons. The molecule has 200 valence electrons. The van der Waals surface area contributed by atoms with Crippen LogP contribution in [0.2, 0.25) is 0 Å². The van der Waals surface area contributed by atoms with Gasteiger partial charge >= 0.3 is 0 Å². The Kier molecular flexibility index (Phi) is 11.4. The molecule has 0 atom stereocenters. The van der Waals surface area contributed by atoms with E-state index in [0.717, 1.165) is 58.9 Å². The number of ether oxygens (including phenoxy) is 1. The molecule has 0 aliphatic heterocycles. The Hall–Kier alpha value is -3.61. The van der Waals surface area contributed by atoms with Crippen LogP contribution in [0.25, 0.3) is 6.08 Å². The fraction of sp³-hybridized carbons (Fsp3) is 0.182. The third-order valence-corrected chi connectivity index (χ3v) is 7.31. The normalized spacial score (nSPS) is 11.7. The summed E-state index contributed by atoms with van der Waals surface area (Å²) in [5.41, 5.74) is 4.76. The number of nitrogens with one attached hydrogen (secondary N) is 2. The number of nitrogens with zero attached hydrogens (tertiary/aromatic N) is 1. The number of benzene rings is 4. The van der Waals surface area contributed by atoms with Gasteiger partial charge in [0, 0.05) is 18.8 Å². The molecule has 4 rings (SSSR count). The summed E-state index contributed by atoms with van der Waals surface area (Å²) >= 11 is 3.33. The standard InChI is InChI=1S/C33H35N3OS2/c1-38-32(34-23-21-26-9-5-3-6-10-26)25-28-13-17-30(18-14-28)37-31-19-15-29(16-20-31)36-33(39-2)35-24-22-27-11-7-4-8-12-27/h3-20,25,34H,21-24H2,1-2H3,(H,35,36)/b32-25-. The number of hydrogen-bond acceptors (Lipinski definition) is 5. The SMILES string of the molecule is CSC(=NCCc1ccccc1)Nc1ccc(Oc2ccc(/C=C(/NCCc3ccccc3)SC)cc2)cc1. The van der Waals surface area contributed by atoms with Gasteiger partial charge in [-0.05, 0) is 84.5 Å². The zero-order valence-electron chi connectivity index (χ0n) is 22.5. The average Bonchev–Trinajstić information content (AvgIpc) is 2.99. The van der Waals surface area contributed by atoms with Gasteiger partial charge in [-0.15, -0.1) is 11.8 Å². The van der Waals surface area contributed by atoms with E-state index in [1.807, 2.05) is 48.7 Å². The van der Waals surface area contributed by atoms with Crippen LogP contribution >= 0.6 is 23.5 Å². The van der Waals surface area contributed by atoms with Gasteiger partial charge in [-0.3, -0.25) is 4.99 Å². The van der Waals surface area contributed by atoms with E-state index in [9.17, 15) is 0 Å². The highest BCUT2D eigenvalue weighted by Crippen LogP contribution is 2.25. The molecule has 0 aromatic heterocycles. The summed E-state index contributed by atoms with van der Waals surface area (Å²) in [5.74, 6) is 1.60. The number of aliphatic imine (C=N–C) groups is 1. The second-order valence-electron chi connectivity index (χ2n) is 8.82. The van der Waals surface area contributed by atoms with Gasteiger partial charge < -0.3 is 15.4 Å². The molecule has 2 N–H and O–H groups in total. The van der Waals surface area contributed by atoms with Crippen molar-refractivity contribution < 1.29 is 4.74 Å². The van der Waals surface area contributed by atoms with Gasteiger partial charge in [-0.2, -0.15) is 0 Å². The lowest BCUT2D eigenvalue weighted by Gasteiger charge is -2.11. The minimum absolute atomic E-state index is 0.752. The number of anilines is 1. The van der Waals surface area contributed by atoms with E-state index >= 15 is 0 Å². The Morgan fingerprint density at radius 3 is 1.90 bits per heavy atom. The van der Waals surface area contributed by atoms with Crippen LogP contribution in [-0.2, 0) is 12.8 Å². The molecule has 4 aromatic carbocycles. The molecule has 0 aliphatic rings. The average molecular weight is 554 g/mol. The van der Waals surface area contributed by atoms with Gasteiger partial charge in [0.15, 0.2) is 5.17 Å². The molecule has 0 saturated carbocycles. The molecule has 0 saturated heterocycles. The van der Waals surface area contributed by atoms with Crippen molar-refractivity contribution in [2.45, 2.75) is 12.8 Å². The Morgan fingerprint density at radius 1 is 0.718 bits per heavy atom. The Bertz CT molecular complexity index is 1320. The topological polar surface area (TPSA) is 45.7 Å². The molecule has 0 bridgehead atoms. The van der Waals surface area contributed by atoms with E-state index in [-0.39, 0.29) is 0 Å². The van der Waals surface area contributed by atoms with E-state index < -0.39 is 0 Å². The molecule has 0 aliphatic carbocycles. The lowest BCUT2D eigenvalue weighted by molar-refractivity contribution is 0.483. The summed E-state index contributed by atoms with van der Waals surface area (Å²) in [7, 11) is 0. The van der Waals surface area contributed by atoms with Crippen molar-refractivity contribution in [3.05, 3.63) is 131 Å². The molecule has 6 heteroatoms. The molecule has 4 aromatic rings. The van der Waals surface area contributed by atoms with Gasteiger partial charge in [0.1, 0.15) is 11.5 Å². The maximum Gasteiger partial charge on any atom is 0.160 e. The minimum Gasteiger partial charge on any atom is -0.457 e. The van der Waals surface area contributed by atoms with Crippen molar-refractivity contribution in [3.8, 4) is 11.5 Å². The maximum atomic E-state index is 6.07. The van der Waals surface area contributed by atoms with Gasteiger partial charge in [0.25, 0.3) is 0 Å². The second-order valence-corrected chi connectivity index (χ2v) is 10.5. The van der Waals surface area contributed by atoms with Crippen molar-refractivity contribution in [1.82, 2.24) is 5.32 Å². The highest BCUT2D eigenvalue weighted by atomic mass is 32.2. The van der Waals surface area contributed by atoms with Crippen LogP contribution < -0.4 is 15.4 Å². The monoisotopic (exact) mass is 553 g/mol. The molecule has 0 spiro atoms. The minimum atomic E-state index is 0.752. The van der Waals surface area contributed by atoms with Crippen LogP contribution in [0.4, 0.5) is 5.69 Å². The first-order chi connectivity index (χ1) is 19.2. The smallest absolute Gasteiger partial charge is 0.160 e. The Morgan fingerprint density at radius 2 is 1.31 bits per heavy atom. The van der Waals surface area contributed by atoms with Crippen LogP contribution in [0.3, 0.4) is 0 Å². The molecule has 0 amide bonds. The van der Waals surface area contributed by atoms with Gasteiger partial charge in [-0.25, -0.2) is 0 Å². The van der Waals surface area contributed by atoms with Crippen molar-refractivity contribution in [2.24, 2.45) is 4.99 Å². The lowest BCUT2D eigenvalue weighted by Crippen LogP contribution is -2.14. The molecule has 0 fully saturated rings. The highest BCUT2D eigenvalue weighted by Gasteiger charge is 2.03. The van der Waals surface area contributed by atoms with E-state index in [0.29, 0.717) is 0 Å². The third kappa shape index (κ3) is 9.89. The van der Waals surface area contributed by atoms with Crippen LogP contribution in [0.1, 0.15) is 16.7 Å². The Labute approximate surface area is 241 Å². The fourth-order valence-corrected chi connectivity index (χ4v) is 4.83. The quantitative estimate of drug-likeness (QED) is 0.136. The first-order valence-corrected chi connectivity index (χ1v) is 15.5. The summed E-state index contributed by atoms with van der Waals surface area (Å²) in [6.45, 7) is 1.66. The molecule has 39 heavy (non-hydrogen) atoms. The first kappa shape index (κ1) is 28.4. The van der Waals surface area contributed by atoms with Crippen molar-refractivity contribution in [2.75, 3.05) is 30.9 Å².